The summed E-state index contributed by atoms with van der Waals surface area (Å²) in [5, 5.41) is 9.94. The number of sulfone groups is 1. The zero-order valence-corrected chi connectivity index (χ0v) is 17.6. The maximum atomic E-state index is 12.8. The molecule has 8 heteroatoms. The molecule has 0 saturated carbocycles. The average molecular weight is 429 g/mol. The van der Waals surface area contributed by atoms with Crippen LogP contribution in [-0.2, 0) is 15.6 Å². The molecule has 2 aromatic carbocycles. The first-order valence-corrected chi connectivity index (χ1v) is 10.9. The van der Waals surface area contributed by atoms with Crippen LogP contribution >= 0.6 is 0 Å². The molecule has 0 radical (unpaired) electrons. The van der Waals surface area contributed by atoms with Crippen LogP contribution in [0.5, 0.6) is 5.75 Å². The van der Waals surface area contributed by atoms with E-state index < -0.39 is 21.6 Å². The summed E-state index contributed by atoms with van der Waals surface area (Å²) in [6.45, 7) is 0.809. The number of hydrogen-bond acceptors (Lipinski definition) is 6. The highest BCUT2D eigenvalue weighted by Gasteiger charge is 2.26. The molecule has 0 aliphatic carbocycles. The normalized spacial score (nSPS) is 11.6. The second kappa shape index (κ2) is 9.15. The van der Waals surface area contributed by atoms with Crippen molar-refractivity contribution in [3.8, 4) is 16.9 Å². The van der Waals surface area contributed by atoms with Crippen molar-refractivity contribution in [2.75, 3.05) is 27.2 Å². The van der Waals surface area contributed by atoms with E-state index in [-0.39, 0.29) is 28.4 Å². The highest BCUT2D eigenvalue weighted by atomic mass is 32.2. The van der Waals surface area contributed by atoms with E-state index in [1.807, 2.05) is 19.0 Å². The molecule has 3 aromatic rings. The van der Waals surface area contributed by atoms with Crippen LogP contribution in [0.15, 0.2) is 70.4 Å². The zero-order valence-electron chi connectivity index (χ0n) is 16.7. The van der Waals surface area contributed by atoms with Crippen molar-refractivity contribution in [2.45, 2.75) is 10.6 Å². The lowest BCUT2D eigenvalue weighted by Crippen LogP contribution is -2.21. The molecular formula is C22H23NO6S. The van der Waals surface area contributed by atoms with Gasteiger partial charge in [0.2, 0.25) is 0 Å². The second-order valence-electron chi connectivity index (χ2n) is 7.02. The molecule has 7 nitrogen and oxygen atoms in total. The van der Waals surface area contributed by atoms with E-state index in [1.54, 1.807) is 30.3 Å². The van der Waals surface area contributed by atoms with Gasteiger partial charge in [-0.1, -0.05) is 30.3 Å². The molecule has 158 valence electrons. The molecular weight excluding hydrogens is 406 g/mol. The Hall–Kier alpha value is -3.10. The summed E-state index contributed by atoms with van der Waals surface area (Å²) in [5.41, 5.74) is 1.18. The van der Waals surface area contributed by atoms with Crippen LogP contribution in [-0.4, -0.2) is 51.6 Å². The number of furan rings is 1. The number of carboxylic acids is 1. The SMILES string of the molecule is CN(C)CCOc1c(-c2ccoc2)ccc(CS(=O)(=O)c2ccccc2)c1C(=O)O. The van der Waals surface area contributed by atoms with Gasteiger partial charge in [-0.2, -0.15) is 0 Å². The van der Waals surface area contributed by atoms with Crippen molar-refractivity contribution < 1.29 is 27.5 Å². The first-order chi connectivity index (χ1) is 14.3. The summed E-state index contributed by atoms with van der Waals surface area (Å²) < 4.78 is 36.7. The molecule has 1 N–H and O–H groups in total. The fourth-order valence-corrected chi connectivity index (χ4v) is 4.41. The van der Waals surface area contributed by atoms with Gasteiger partial charge in [-0.3, -0.25) is 0 Å². The Labute approximate surface area is 175 Å². The lowest BCUT2D eigenvalue weighted by atomic mass is 9.99. The van der Waals surface area contributed by atoms with Crippen molar-refractivity contribution in [1.82, 2.24) is 4.90 Å². The van der Waals surface area contributed by atoms with E-state index in [1.165, 1.54) is 30.7 Å². The number of rotatable bonds is 9. The van der Waals surface area contributed by atoms with Gasteiger partial charge in [0, 0.05) is 17.7 Å². The summed E-state index contributed by atoms with van der Waals surface area (Å²) in [6, 6.07) is 12.8. The van der Waals surface area contributed by atoms with E-state index in [9.17, 15) is 18.3 Å². The highest BCUT2D eigenvalue weighted by Crippen LogP contribution is 2.37. The summed E-state index contributed by atoms with van der Waals surface area (Å²) in [7, 11) is 0.0203. The summed E-state index contributed by atoms with van der Waals surface area (Å²) >= 11 is 0. The second-order valence-corrected chi connectivity index (χ2v) is 9.01. The Morgan fingerprint density at radius 3 is 2.43 bits per heavy atom. The van der Waals surface area contributed by atoms with E-state index in [2.05, 4.69) is 0 Å². The minimum atomic E-state index is -3.73. The molecule has 3 rings (SSSR count). The van der Waals surface area contributed by atoms with E-state index in [4.69, 9.17) is 9.15 Å². The number of likely N-dealkylation sites (N-methyl/N-ethyl adjacent to an activating group) is 1. The zero-order chi connectivity index (χ0) is 21.7. The van der Waals surface area contributed by atoms with Crippen LogP contribution in [0.3, 0.4) is 0 Å². The van der Waals surface area contributed by atoms with E-state index in [0.717, 1.165) is 0 Å². The van der Waals surface area contributed by atoms with Crippen LogP contribution in [0.25, 0.3) is 11.1 Å². The van der Waals surface area contributed by atoms with E-state index in [0.29, 0.717) is 17.7 Å². The van der Waals surface area contributed by atoms with Gasteiger partial charge in [0.1, 0.15) is 17.9 Å². The van der Waals surface area contributed by atoms with Gasteiger partial charge in [-0.25, -0.2) is 13.2 Å². The number of ether oxygens (including phenoxy) is 1. The van der Waals surface area contributed by atoms with Crippen molar-refractivity contribution in [3.05, 3.63) is 72.2 Å². The lowest BCUT2D eigenvalue weighted by molar-refractivity contribution is 0.0691. The fourth-order valence-electron chi connectivity index (χ4n) is 3.02. The third kappa shape index (κ3) is 4.90. The minimum Gasteiger partial charge on any atom is -0.491 e. The summed E-state index contributed by atoms with van der Waals surface area (Å²) in [5.74, 6) is -1.57. The minimum absolute atomic E-state index is 0.131. The molecule has 0 aliphatic rings. The molecule has 1 aromatic heterocycles. The molecule has 0 bridgehead atoms. The van der Waals surface area contributed by atoms with Crippen LogP contribution in [0.2, 0.25) is 0 Å². The molecule has 0 fully saturated rings. The van der Waals surface area contributed by atoms with Crippen molar-refractivity contribution in [3.63, 3.8) is 0 Å². The number of benzene rings is 2. The molecule has 0 aliphatic heterocycles. The first kappa shape index (κ1) is 21.6. The topological polar surface area (TPSA) is 97.0 Å². The number of hydrogen-bond donors (Lipinski definition) is 1. The summed E-state index contributed by atoms with van der Waals surface area (Å²) in [4.78, 5) is 14.2. The molecule has 0 unspecified atom stereocenters. The Morgan fingerprint density at radius 2 is 1.83 bits per heavy atom. The van der Waals surface area contributed by atoms with Crippen LogP contribution in [0.4, 0.5) is 0 Å². The number of aromatic carboxylic acids is 1. The lowest BCUT2D eigenvalue weighted by Gasteiger charge is -2.18. The third-order valence-electron chi connectivity index (χ3n) is 4.52. The van der Waals surface area contributed by atoms with Crippen molar-refractivity contribution in [2.24, 2.45) is 0 Å². The molecule has 0 spiro atoms. The fraction of sp³-hybridized carbons (Fsp3) is 0.227. The average Bonchev–Trinajstić information content (AvgIpc) is 3.22. The molecule has 30 heavy (non-hydrogen) atoms. The van der Waals surface area contributed by atoms with Gasteiger partial charge in [0.25, 0.3) is 0 Å². The smallest absolute Gasteiger partial charge is 0.339 e. The number of carbonyl (C=O) groups is 1. The van der Waals surface area contributed by atoms with Crippen LogP contribution < -0.4 is 4.74 Å². The van der Waals surface area contributed by atoms with Gasteiger partial charge >= 0.3 is 5.97 Å². The Balaban J connectivity index is 2.09. The van der Waals surface area contributed by atoms with Crippen molar-refractivity contribution in [1.29, 1.82) is 0 Å². The summed E-state index contributed by atoms with van der Waals surface area (Å²) in [6.07, 6.45) is 2.97. The maximum absolute atomic E-state index is 12.8. The predicted molar refractivity (Wildman–Crippen MR) is 112 cm³/mol. The monoisotopic (exact) mass is 429 g/mol. The molecule has 0 amide bonds. The standard InChI is InChI=1S/C22H23NO6S/c1-23(2)11-13-29-21-19(16-10-12-28-14-16)9-8-17(20(21)22(24)25)15-30(26,27)18-6-4-3-5-7-18/h3-10,12,14H,11,13,15H2,1-2H3,(H,24,25). The van der Waals surface area contributed by atoms with E-state index >= 15 is 0 Å². The van der Waals surface area contributed by atoms with Crippen LogP contribution in [0.1, 0.15) is 15.9 Å². The van der Waals surface area contributed by atoms with Gasteiger partial charge in [-0.15, -0.1) is 0 Å². The van der Waals surface area contributed by atoms with Crippen LogP contribution in [0, 0.1) is 0 Å². The Bertz CT molecular complexity index is 1110. The highest BCUT2D eigenvalue weighted by molar-refractivity contribution is 7.90. The van der Waals surface area contributed by atoms with Gasteiger partial charge in [0.05, 0.1) is 23.2 Å². The molecule has 0 atom stereocenters. The molecule has 0 saturated heterocycles. The Morgan fingerprint density at radius 1 is 1.10 bits per heavy atom. The first-order valence-electron chi connectivity index (χ1n) is 9.26. The largest absolute Gasteiger partial charge is 0.491 e. The van der Waals surface area contributed by atoms with Crippen molar-refractivity contribution >= 4 is 15.8 Å². The maximum Gasteiger partial charge on any atom is 0.339 e. The molecule has 1 heterocycles. The van der Waals surface area contributed by atoms with Gasteiger partial charge in [0.15, 0.2) is 9.84 Å². The number of nitrogens with zero attached hydrogens (tertiary/aromatic N) is 1. The van der Waals surface area contributed by atoms with Gasteiger partial charge in [-0.05, 0) is 37.9 Å². The Kier molecular flexibility index (Phi) is 6.59. The number of carboxylic acid groups (broad SMARTS) is 1. The third-order valence-corrected chi connectivity index (χ3v) is 6.20. The quantitative estimate of drug-likeness (QED) is 0.555. The van der Waals surface area contributed by atoms with Gasteiger partial charge < -0.3 is 19.2 Å². The predicted octanol–water partition coefficient (Wildman–Crippen LogP) is 3.56.